The minimum Gasteiger partial charge on any atom is -0.496 e. The van der Waals surface area contributed by atoms with Gasteiger partial charge in [-0.3, -0.25) is 0 Å². The SMILES string of the molecule is COc1ccc(CC2CO2)c2ccccc12. The Bertz CT molecular complexity index is 515. The first-order valence-corrected chi connectivity index (χ1v) is 5.54. The van der Waals surface area contributed by atoms with E-state index in [0.29, 0.717) is 6.10 Å². The van der Waals surface area contributed by atoms with E-state index in [-0.39, 0.29) is 0 Å². The number of hydrogen-bond donors (Lipinski definition) is 0. The van der Waals surface area contributed by atoms with Gasteiger partial charge in [0, 0.05) is 11.8 Å². The summed E-state index contributed by atoms with van der Waals surface area (Å²) in [6, 6.07) is 12.5. The van der Waals surface area contributed by atoms with E-state index in [0.717, 1.165) is 18.8 Å². The van der Waals surface area contributed by atoms with Crippen LogP contribution in [-0.2, 0) is 11.2 Å². The van der Waals surface area contributed by atoms with Crippen LogP contribution >= 0.6 is 0 Å². The molecule has 0 saturated carbocycles. The number of benzene rings is 2. The number of methoxy groups -OCH3 is 1. The summed E-state index contributed by atoms with van der Waals surface area (Å²) in [5.74, 6) is 0.941. The second-order valence-corrected chi connectivity index (χ2v) is 4.13. The molecule has 2 aromatic rings. The van der Waals surface area contributed by atoms with Crippen LogP contribution in [0.5, 0.6) is 5.75 Å². The summed E-state index contributed by atoms with van der Waals surface area (Å²) in [6.07, 6.45) is 1.43. The lowest BCUT2D eigenvalue weighted by atomic mass is 10.0. The van der Waals surface area contributed by atoms with Crippen LogP contribution in [0.25, 0.3) is 10.8 Å². The Morgan fingerprint density at radius 1 is 1.19 bits per heavy atom. The van der Waals surface area contributed by atoms with Crippen molar-refractivity contribution in [2.75, 3.05) is 13.7 Å². The Kier molecular flexibility index (Phi) is 2.29. The zero-order valence-electron chi connectivity index (χ0n) is 9.27. The largest absolute Gasteiger partial charge is 0.496 e. The molecule has 1 saturated heterocycles. The van der Waals surface area contributed by atoms with Gasteiger partial charge < -0.3 is 9.47 Å². The van der Waals surface area contributed by atoms with Crippen LogP contribution in [0.2, 0.25) is 0 Å². The van der Waals surface area contributed by atoms with E-state index in [1.165, 1.54) is 16.3 Å². The highest BCUT2D eigenvalue weighted by atomic mass is 16.6. The second-order valence-electron chi connectivity index (χ2n) is 4.13. The fraction of sp³-hybridized carbons (Fsp3) is 0.286. The predicted molar refractivity (Wildman–Crippen MR) is 63.9 cm³/mol. The van der Waals surface area contributed by atoms with Gasteiger partial charge in [0.25, 0.3) is 0 Å². The van der Waals surface area contributed by atoms with Crippen molar-refractivity contribution in [3.05, 3.63) is 42.0 Å². The molecule has 3 rings (SSSR count). The molecule has 2 heteroatoms. The average Bonchev–Trinajstić information content (AvgIpc) is 3.14. The molecule has 2 nitrogen and oxygen atoms in total. The number of ether oxygens (including phenoxy) is 2. The lowest BCUT2D eigenvalue weighted by Crippen LogP contribution is -1.95. The van der Waals surface area contributed by atoms with E-state index in [9.17, 15) is 0 Å². The first-order valence-electron chi connectivity index (χ1n) is 5.54. The molecule has 0 aliphatic carbocycles. The summed E-state index contributed by atoms with van der Waals surface area (Å²) in [6.45, 7) is 0.903. The Hall–Kier alpha value is -1.54. The van der Waals surface area contributed by atoms with Gasteiger partial charge in [0.1, 0.15) is 5.75 Å². The predicted octanol–water partition coefficient (Wildman–Crippen LogP) is 2.79. The fourth-order valence-electron chi connectivity index (χ4n) is 2.12. The monoisotopic (exact) mass is 214 g/mol. The first-order chi connectivity index (χ1) is 7.88. The van der Waals surface area contributed by atoms with Crippen LogP contribution in [0.15, 0.2) is 36.4 Å². The molecule has 0 spiro atoms. The minimum atomic E-state index is 0.428. The highest BCUT2D eigenvalue weighted by Crippen LogP contribution is 2.30. The van der Waals surface area contributed by atoms with E-state index in [2.05, 4.69) is 24.3 Å². The normalized spacial score (nSPS) is 18.7. The summed E-state index contributed by atoms with van der Waals surface area (Å²) >= 11 is 0. The van der Waals surface area contributed by atoms with E-state index in [1.807, 2.05) is 12.1 Å². The first kappa shape index (κ1) is 9.67. The maximum atomic E-state index is 5.37. The average molecular weight is 214 g/mol. The van der Waals surface area contributed by atoms with Crippen LogP contribution in [0.4, 0.5) is 0 Å². The van der Waals surface area contributed by atoms with Crippen LogP contribution < -0.4 is 4.74 Å². The molecule has 1 aliphatic rings. The molecule has 16 heavy (non-hydrogen) atoms. The number of rotatable bonds is 3. The minimum absolute atomic E-state index is 0.428. The van der Waals surface area contributed by atoms with Gasteiger partial charge >= 0.3 is 0 Å². The van der Waals surface area contributed by atoms with Crippen molar-refractivity contribution in [1.82, 2.24) is 0 Å². The standard InChI is InChI=1S/C14H14O2/c1-15-14-7-6-10(8-11-9-16-11)12-4-2-3-5-13(12)14/h2-7,11H,8-9H2,1H3. The van der Waals surface area contributed by atoms with Crippen LogP contribution in [0.1, 0.15) is 5.56 Å². The summed E-state index contributed by atoms with van der Waals surface area (Å²) in [5.41, 5.74) is 1.35. The van der Waals surface area contributed by atoms with Gasteiger partial charge in [-0.25, -0.2) is 0 Å². The van der Waals surface area contributed by atoms with E-state index < -0.39 is 0 Å². The van der Waals surface area contributed by atoms with Crippen LogP contribution in [0.3, 0.4) is 0 Å². The summed E-state index contributed by atoms with van der Waals surface area (Å²) in [4.78, 5) is 0. The lowest BCUT2D eigenvalue weighted by molar-refractivity contribution is 0.407. The quantitative estimate of drug-likeness (QED) is 0.733. The molecule has 0 bridgehead atoms. The number of epoxide rings is 1. The topological polar surface area (TPSA) is 21.8 Å². The zero-order chi connectivity index (χ0) is 11.0. The van der Waals surface area contributed by atoms with Gasteiger partial charge in [-0.1, -0.05) is 30.3 Å². The Morgan fingerprint density at radius 2 is 1.94 bits per heavy atom. The molecule has 2 aromatic carbocycles. The molecule has 0 radical (unpaired) electrons. The third-order valence-electron chi connectivity index (χ3n) is 3.04. The van der Waals surface area contributed by atoms with Crippen molar-refractivity contribution >= 4 is 10.8 Å². The molecule has 1 unspecified atom stereocenters. The summed E-state index contributed by atoms with van der Waals surface area (Å²) in [7, 11) is 1.71. The van der Waals surface area contributed by atoms with Crippen LogP contribution in [0, 0.1) is 0 Å². The highest BCUT2D eigenvalue weighted by Gasteiger charge is 2.23. The third kappa shape index (κ3) is 1.65. The lowest BCUT2D eigenvalue weighted by Gasteiger charge is -2.09. The molecule has 0 N–H and O–H groups in total. The zero-order valence-corrected chi connectivity index (χ0v) is 9.27. The Morgan fingerprint density at radius 3 is 2.62 bits per heavy atom. The molecule has 0 aromatic heterocycles. The van der Waals surface area contributed by atoms with Gasteiger partial charge in [-0.15, -0.1) is 0 Å². The number of fused-ring (bicyclic) bond motifs is 1. The fourth-order valence-corrected chi connectivity index (χ4v) is 2.12. The molecule has 1 heterocycles. The summed E-state index contributed by atoms with van der Waals surface area (Å²) < 4.78 is 10.7. The van der Waals surface area contributed by atoms with Gasteiger partial charge in [0.2, 0.25) is 0 Å². The molecular weight excluding hydrogens is 200 g/mol. The third-order valence-corrected chi connectivity index (χ3v) is 3.04. The van der Waals surface area contributed by atoms with Gasteiger partial charge in [-0.05, 0) is 17.0 Å². The van der Waals surface area contributed by atoms with E-state index in [4.69, 9.17) is 9.47 Å². The van der Waals surface area contributed by atoms with Crippen molar-refractivity contribution in [1.29, 1.82) is 0 Å². The van der Waals surface area contributed by atoms with E-state index >= 15 is 0 Å². The maximum Gasteiger partial charge on any atom is 0.126 e. The van der Waals surface area contributed by atoms with Crippen molar-refractivity contribution in [3.8, 4) is 5.75 Å². The molecule has 82 valence electrons. The van der Waals surface area contributed by atoms with Crippen LogP contribution in [-0.4, -0.2) is 19.8 Å². The van der Waals surface area contributed by atoms with E-state index in [1.54, 1.807) is 7.11 Å². The van der Waals surface area contributed by atoms with Crippen molar-refractivity contribution < 1.29 is 9.47 Å². The number of hydrogen-bond acceptors (Lipinski definition) is 2. The molecule has 0 amide bonds. The van der Waals surface area contributed by atoms with Gasteiger partial charge in [-0.2, -0.15) is 0 Å². The smallest absolute Gasteiger partial charge is 0.126 e. The second kappa shape index (κ2) is 3.80. The van der Waals surface area contributed by atoms with Gasteiger partial charge in [0.05, 0.1) is 19.8 Å². The summed E-state index contributed by atoms with van der Waals surface area (Å²) in [5, 5.41) is 2.46. The van der Waals surface area contributed by atoms with Crippen molar-refractivity contribution in [2.24, 2.45) is 0 Å². The van der Waals surface area contributed by atoms with Crippen molar-refractivity contribution in [2.45, 2.75) is 12.5 Å². The Balaban J connectivity index is 2.14. The molecule has 1 atom stereocenters. The Labute approximate surface area is 94.8 Å². The highest BCUT2D eigenvalue weighted by molar-refractivity contribution is 5.91. The van der Waals surface area contributed by atoms with Crippen molar-refractivity contribution in [3.63, 3.8) is 0 Å². The molecule has 1 fully saturated rings. The maximum absolute atomic E-state index is 5.37. The molecule has 1 aliphatic heterocycles. The molecular formula is C14H14O2. The van der Waals surface area contributed by atoms with Gasteiger partial charge in [0.15, 0.2) is 0 Å².